The molecule has 3 rings (SSSR count). The Bertz CT molecular complexity index is 894. The van der Waals surface area contributed by atoms with Gasteiger partial charge in [-0.3, -0.25) is 15.1 Å². The fraction of sp³-hybridized carbons (Fsp3) is 0.409. The van der Waals surface area contributed by atoms with Crippen LogP contribution in [0.1, 0.15) is 36.8 Å². The van der Waals surface area contributed by atoms with Gasteiger partial charge in [-0.1, -0.05) is 12.1 Å². The summed E-state index contributed by atoms with van der Waals surface area (Å²) in [4.78, 5) is 14.8. The number of non-ortho nitro benzene ring substituents is 1. The molecule has 8 nitrogen and oxygen atoms in total. The van der Waals surface area contributed by atoms with Gasteiger partial charge in [0.1, 0.15) is 11.5 Å². The molecule has 2 aromatic carbocycles. The van der Waals surface area contributed by atoms with Crippen LogP contribution in [0, 0.1) is 10.1 Å². The molecule has 8 heteroatoms. The quantitative estimate of drug-likeness (QED) is 0.296. The number of aliphatic imine (C=N–C) groups is 1. The zero-order valence-electron chi connectivity index (χ0n) is 17.4. The van der Waals surface area contributed by atoms with Crippen molar-refractivity contribution in [3.05, 3.63) is 63.7 Å². The molecular formula is C22H28N4O4. The molecule has 0 aliphatic heterocycles. The molecule has 0 saturated heterocycles. The summed E-state index contributed by atoms with van der Waals surface area (Å²) in [6, 6.07) is 12.4. The Hall–Kier alpha value is -3.29. The molecule has 0 spiro atoms. The standard InChI is InChI=1S/C22H28N4O4/c1-23-22(24-14-16-6-5-7-18(12-16)26(27)28)25-15-17-10-11-20(29-2)13-21(17)30-19-8-3-4-9-19/h5-7,10-13,19H,3-4,8-9,14-15H2,1-2H3,(H2,23,24,25). The number of guanidine groups is 1. The largest absolute Gasteiger partial charge is 0.497 e. The van der Waals surface area contributed by atoms with Gasteiger partial charge in [-0.25, -0.2) is 0 Å². The van der Waals surface area contributed by atoms with Gasteiger partial charge < -0.3 is 20.1 Å². The summed E-state index contributed by atoms with van der Waals surface area (Å²) in [5, 5.41) is 17.4. The maximum absolute atomic E-state index is 10.9. The van der Waals surface area contributed by atoms with Crippen LogP contribution >= 0.6 is 0 Å². The number of hydrogen-bond donors (Lipinski definition) is 2. The van der Waals surface area contributed by atoms with Gasteiger partial charge >= 0.3 is 0 Å². The van der Waals surface area contributed by atoms with E-state index in [1.165, 1.54) is 18.9 Å². The summed E-state index contributed by atoms with van der Waals surface area (Å²) in [6.45, 7) is 0.954. The van der Waals surface area contributed by atoms with Crippen molar-refractivity contribution in [1.29, 1.82) is 0 Å². The molecule has 0 radical (unpaired) electrons. The summed E-state index contributed by atoms with van der Waals surface area (Å²) >= 11 is 0. The minimum Gasteiger partial charge on any atom is -0.497 e. The van der Waals surface area contributed by atoms with E-state index in [2.05, 4.69) is 15.6 Å². The predicted octanol–water partition coefficient (Wildman–Crippen LogP) is 3.79. The highest BCUT2D eigenvalue weighted by Gasteiger charge is 2.18. The average molecular weight is 412 g/mol. The van der Waals surface area contributed by atoms with Crippen LogP contribution in [0.4, 0.5) is 5.69 Å². The Labute approximate surface area is 176 Å². The fourth-order valence-corrected chi connectivity index (χ4v) is 3.47. The number of hydrogen-bond acceptors (Lipinski definition) is 5. The topological polar surface area (TPSA) is 98.0 Å². The van der Waals surface area contributed by atoms with E-state index in [1.807, 2.05) is 24.3 Å². The second kappa shape index (κ2) is 10.5. The summed E-state index contributed by atoms with van der Waals surface area (Å²) < 4.78 is 11.6. The number of ether oxygens (including phenoxy) is 2. The van der Waals surface area contributed by atoms with Crippen molar-refractivity contribution in [3.63, 3.8) is 0 Å². The molecule has 0 amide bonds. The Morgan fingerprint density at radius 3 is 2.63 bits per heavy atom. The predicted molar refractivity (Wildman–Crippen MR) is 116 cm³/mol. The van der Waals surface area contributed by atoms with Crippen LogP contribution in [-0.4, -0.2) is 31.1 Å². The molecule has 1 aliphatic rings. The number of rotatable bonds is 8. The lowest BCUT2D eigenvalue weighted by molar-refractivity contribution is -0.384. The summed E-state index contributed by atoms with van der Waals surface area (Å²) in [7, 11) is 3.33. The lowest BCUT2D eigenvalue weighted by Gasteiger charge is -2.19. The van der Waals surface area contributed by atoms with Gasteiger partial charge in [-0.2, -0.15) is 0 Å². The second-order valence-electron chi connectivity index (χ2n) is 7.20. The molecule has 160 valence electrons. The highest BCUT2D eigenvalue weighted by molar-refractivity contribution is 5.79. The van der Waals surface area contributed by atoms with E-state index in [0.29, 0.717) is 19.0 Å². The minimum atomic E-state index is -0.397. The third kappa shape index (κ3) is 5.85. The van der Waals surface area contributed by atoms with Crippen molar-refractivity contribution in [2.24, 2.45) is 4.99 Å². The fourth-order valence-electron chi connectivity index (χ4n) is 3.47. The van der Waals surface area contributed by atoms with Gasteiger partial charge in [0, 0.05) is 43.9 Å². The van der Waals surface area contributed by atoms with Crippen LogP contribution in [0.5, 0.6) is 11.5 Å². The van der Waals surface area contributed by atoms with Crippen LogP contribution in [0.15, 0.2) is 47.5 Å². The summed E-state index contributed by atoms with van der Waals surface area (Å²) in [5.74, 6) is 2.19. The van der Waals surface area contributed by atoms with E-state index in [4.69, 9.17) is 9.47 Å². The number of benzene rings is 2. The van der Waals surface area contributed by atoms with Gasteiger partial charge in [-0.05, 0) is 43.4 Å². The maximum Gasteiger partial charge on any atom is 0.269 e. The lowest BCUT2D eigenvalue weighted by Crippen LogP contribution is -2.36. The molecule has 2 N–H and O–H groups in total. The smallest absolute Gasteiger partial charge is 0.269 e. The first-order chi connectivity index (χ1) is 14.6. The number of nitro benzene ring substituents is 1. The van der Waals surface area contributed by atoms with Crippen LogP contribution in [0.2, 0.25) is 0 Å². The van der Waals surface area contributed by atoms with Crippen molar-refractivity contribution in [2.45, 2.75) is 44.9 Å². The molecule has 2 aromatic rings. The van der Waals surface area contributed by atoms with Crippen molar-refractivity contribution in [2.75, 3.05) is 14.2 Å². The molecule has 1 fully saturated rings. The first kappa shape index (κ1) is 21.4. The number of nitrogens with one attached hydrogen (secondary N) is 2. The van der Waals surface area contributed by atoms with E-state index in [9.17, 15) is 10.1 Å². The molecule has 0 bridgehead atoms. The normalized spacial score (nSPS) is 14.4. The van der Waals surface area contributed by atoms with Gasteiger partial charge in [-0.15, -0.1) is 0 Å². The summed E-state index contributed by atoms with van der Waals surface area (Å²) in [6.07, 6.45) is 4.82. The number of nitro groups is 1. The minimum absolute atomic E-state index is 0.0733. The van der Waals surface area contributed by atoms with E-state index in [0.717, 1.165) is 35.5 Å². The van der Waals surface area contributed by atoms with Crippen LogP contribution in [0.25, 0.3) is 0 Å². The first-order valence-electron chi connectivity index (χ1n) is 10.1. The third-order valence-electron chi connectivity index (χ3n) is 5.12. The first-order valence-corrected chi connectivity index (χ1v) is 10.1. The Morgan fingerprint density at radius 2 is 1.93 bits per heavy atom. The highest BCUT2D eigenvalue weighted by atomic mass is 16.6. The summed E-state index contributed by atoms with van der Waals surface area (Å²) in [5.41, 5.74) is 1.90. The average Bonchev–Trinajstić information content (AvgIpc) is 3.27. The highest BCUT2D eigenvalue weighted by Crippen LogP contribution is 2.30. The van der Waals surface area contributed by atoms with Gasteiger partial charge in [0.05, 0.1) is 18.1 Å². The van der Waals surface area contributed by atoms with Crippen molar-refractivity contribution >= 4 is 11.6 Å². The van der Waals surface area contributed by atoms with E-state index >= 15 is 0 Å². The SMILES string of the molecule is CN=C(NCc1cccc([N+](=O)[O-])c1)NCc1ccc(OC)cc1OC1CCCC1. The van der Waals surface area contributed by atoms with Crippen molar-refractivity contribution in [1.82, 2.24) is 10.6 Å². The molecule has 1 aliphatic carbocycles. The zero-order chi connectivity index (χ0) is 21.3. The van der Waals surface area contributed by atoms with E-state index in [1.54, 1.807) is 26.3 Å². The molecule has 0 unspecified atom stereocenters. The van der Waals surface area contributed by atoms with Gasteiger partial charge in [0.15, 0.2) is 5.96 Å². The molecule has 1 saturated carbocycles. The molecule has 0 heterocycles. The number of nitrogens with zero attached hydrogens (tertiary/aromatic N) is 2. The van der Waals surface area contributed by atoms with Gasteiger partial charge in [0.2, 0.25) is 0 Å². The van der Waals surface area contributed by atoms with Crippen LogP contribution in [0.3, 0.4) is 0 Å². The second-order valence-corrected chi connectivity index (χ2v) is 7.20. The van der Waals surface area contributed by atoms with Crippen molar-refractivity contribution in [3.8, 4) is 11.5 Å². The Morgan fingerprint density at radius 1 is 1.17 bits per heavy atom. The maximum atomic E-state index is 10.9. The van der Waals surface area contributed by atoms with Crippen LogP contribution < -0.4 is 20.1 Å². The zero-order valence-corrected chi connectivity index (χ0v) is 17.4. The van der Waals surface area contributed by atoms with E-state index < -0.39 is 4.92 Å². The lowest BCUT2D eigenvalue weighted by atomic mass is 10.1. The molecule has 30 heavy (non-hydrogen) atoms. The van der Waals surface area contributed by atoms with E-state index in [-0.39, 0.29) is 11.8 Å². The molecular weight excluding hydrogens is 384 g/mol. The Kier molecular flexibility index (Phi) is 7.48. The van der Waals surface area contributed by atoms with Crippen molar-refractivity contribution < 1.29 is 14.4 Å². The number of methoxy groups -OCH3 is 1. The molecule has 0 atom stereocenters. The van der Waals surface area contributed by atoms with Crippen LogP contribution in [-0.2, 0) is 13.1 Å². The third-order valence-corrected chi connectivity index (χ3v) is 5.12. The monoisotopic (exact) mass is 412 g/mol. The Balaban J connectivity index is 1.61. The molecule has 0 aromatic heterocycles. The van der Waals surface area contributed by atoms with Gasteiger partial charge in [0.25, 0.3) is 5.69 Å².